The Balaban J connectivity index is 1.54. The molecule has 4 aliphatic rings. The molecular weight excluding hydrogens is 388 g/mol. The second-order valence-electron chi connectivity index (χ2n) is 10.0. The summed E-state index contributed by atoms with van der Waals surface area (Å²) in [6, 6.07) is 0. The molecule has 0 N–H and O–H groups in total. The predicted octanol–water partition coefficient (Wildman–Crippen LogP) is 6.28. The third kappa shape index (κ3) is 2.91. The molecule has 0 saturated heterocycles. The predicted molar refractivity (Wildman–Crippen MR) is 109 cm³/mol. The van der Waals surface area contributed by atoms with Gasteiger partial charge in [-0.1, -0.05) is 41.4 Å². The molecular formula is C23H35BrO2. The Labute approximate surface area is 167 Å². The molecule has 4 saturated carbocycles. The molecule has 0 aromatic carbocycles. The fourth-order valence-corrected chi connectivity index (χ4v) is 8.23. The molecule has 4 aliphatic carbocycles. The van der Waals surface area contributed by atoms with Crippen LogP contribution in [-0.4, -0.2) is 17.4 Å². The first kappa shape index (κ1) is 19.0. The largest absolute Gasteiger partial charge is 0.463 e. The summed E-state index contributed by atoms with van der Waals surface area (Å²) in [5.41, 5.74) is 2.68. The Bertz CT molecular complexity index is 599. The van der Waals surface area contributed by atoms with Crippen LogP contribution in [0, 0.1) is 34.5 Å². The molecule has 0 aliphatic heterocycles. The highest BCUT2D eigenvalue weighted by Crippen LogP contribution is 2.67. The highest BCUT2D eigenvalue weighted by molar-refractivity contribution is 9.09. The highest BCUT2D eigenvalue weighted by atomic mass is 79.9. The summed E-state index contributed by atoms with van der Waals surface area (Å²) >= 11 is 3.63. The van der Waals surface area contributed by atoms with Gasteiger partial charge in [-0.15, -0.1) is 0 Å². The Morgan fingerprint density at radius 1 is 1.15 bits per heavy atom. The van der Waals surface area contributed by atoms with Gasteiger partial charge in [-0.05, 0) is 92.3 Å². The van der Waals surface area contributed by atoms with Crippen LogP contribution in [0.4, 0.5) is 0 Å². The Hall–Kier alpha value is -0.310. The number of allylic oxidation sites excluding steroid dienone is 2. The van der Waals surface area contributed by atoms with Gasteiger partial charge in [0.15, 0.2) is 0 Å². The van der Waals surface area contributed by atoms with E-state index in [9.17, 15) is 4.79 Å². The maximum Gasteiger partial charge on any atom is 0.302 e. The van der Waals surface area contributed by atoms with Gasteiger partial charge in [0.25, 0.3) is 0 Å². The Morgan fingerprint density at radius 2 is 1.96 bits per heavy atom. The zero-order chi connectivity index (χ0) is 18.5. The SMILES string of the molecule is CC(=O)O[C@H]1CC[C@@]2(C)[C@H](CC[C@@H]3[C@@H]2CC[C@]2(C)/C(=C/CBr)CC[C@@H]32)C1. The summed E-state index contributed by atoms with van der Waals surface area (Å²) in [6.07, 6.45) is 14.4. The first-order valence-electron chi connectivity index (χ1n) is 10.8. The number of fused-ring (bicyclic) bond motifs is 5. The fraction of sp³-hybridized carbons (Fsp3) is 0.870. The lowest BCUT2D eigenvalue weighted by molar-refractivity contribution is -0.158. The monoisotopic (exact) mass is 422 g/mol. The van der Waals surface area contributed by atoms with Gasteiger partial charge in [-0.2, -0.15) is 0 Å². The second-order valence-corrected chi connectivity index (χ2v) is 10.7. The summed E-state index contributed by atoms with van der Waals surface area (Å²) in [6.45, 7) is 6.72. The average Bonchev–Trinajstić information content (AvgIpc) is 2.92. The molecule has 4 rings (SSSR count). The van der Waals surface area contributed by atoms with E-state index in [1.807, 2.05) is 0 Å². The molecule has 146 valence electrons. The van der Waals surface area contributed by atoms with Gasteiger partial charge in [0, 0.05) is 12.3 Å². The van der Waals surface area contributed by atoms with Crippen molar-refractivity contribution in [3.8, 4) is 0 Å². The van der Waals surface area contributed by atoms with Crippen LogP contribution < -0.4 is 0 Å². The number of carbonyl (C=O) groups is 1. The van der Waals surface area contributed by atoms with Gasteiger partial charge in [-0.3, -0.25) is 4.79 Å². The molecule has 0 bridgehead atoms. The number of esters is 1. The van der Waals surface area contributed by atoms with Gasteiger partial charge in [0.05, 0.1) is 0 Å². The molecule has 0 amide bonds. The number of carbonyl (C=O) groups excluding carboxylic acids is 1. The number of alkyl halides is 1. The molecule has 0 spiro atoms. The van der Waals surface area contributed by atoms with Gasteiger partial charge in [0.2, 0.25) is 0 Å². The van der Waals surface area contributed by atoms with Crippen molar-refractivity contribution in [3.05, 3.63) is 11.6 Å². The molecule has 7 atom stereocenters. The van der Waals surface area contributed by atoms with Crippen LogP contribution in [0.5, 0.6) is 0 Å². The molecule has 2 nitrogen and oxygen atoms in total. The smallest absolute Gasteiger partial charge is 0.302 e. The number of halogens is 1. The van der Waals surface area contributed by atoms with E-state index in [-0.39, 0.29) is 12.1 Å². The standard InChI is InChI=1S/C23H35BrO2/c1-15(25)26-18-8-11-23(3)17(14-18)4-6-19-20-7-5-16(10-13-24)22(20,2)12-9-21(19)23/h10,17-21H,4-9,11-14H2,1-3H3/b16-10+/t17-,18+,19+,20+,21+,22-,23+/m1/s1. The lowest BCUT2D eigenvalue weighted by Gasteiger charge is -2.60. The Kier molecular flexibility index (Phi) is 5.08. The maximum absolute atomic E-state index is 11.4. The average molecular weight is 423 g/mol. The topological polar surface area (TPSA) is 26.3 Å². The maximum atomic E-state index is 11.4. The molecule has 0 unspecified atom stereocenters. The van der Waals surface area contributed by atoms with Crippen LogP contribution in [0.25, 0.3) is 0 Å². The minimum Gasteiger partial charge on any atom is -0.463 e. The van der Waals surface area contributed by atoms with Crippen LogP contribution in [0.3, 0.4) is 0 Å². The van der Waals surface area contributed by atoms with Crippen LogP contribution in [-0.2, 0) is 9.53 Å². The van der Waals surface area contributed by atoms with Crippen LogP contribution in [0.2, 0.25) is 0 Å². The minimum absolute atomic E-state index is 0.0993. The van der Waals surface area contributed by atoms with Crippen molar-refractivity contribution in [1.82, 2.24) is 0 Å². The van der Waals surface area contributed by atoms with Crippen molar-refractivity contribution in [2.24, 2.45) is 34.5 Å². The van der Waals surface area contributed by atoms with Gasteiger partial charge >= 0.3 is 5.97 Å². The summed E-state index contributed by atoms with van der Waals surface area (Å²) in [4.78, 5) is 11.4. The van der Waals surface area contributed by atoms with E-state index < -0.39 is 0 Å². The van der Waals surface area contributed by atoms with E-state index in [4.69, 9.17) is 4.74 Å². The quantitative estimate of drug-likeness (QED) is 0.297. The summed E-state index contributed by atoms with van der Waals surface area (Å²) in [7, 11) is 0. The van der Waals surface area contributed by atoms with Crippen molar-refractivity contribution in [1.29, 1.82) is 0 Å². The third-order valence-corrected chi connectivity index (χ3v) is 9.45. The van der Waals surface area contributed by atoms with E-state index in [1.54, 1.807) is 12.5 Å². The first-order chi connectivity index (χ1) is 12.4. The molecule has 26 heavy (non-hydrogen) atoms. The van der Waals surface area contributed by atoms with Crippen molar-refractivity contribution in [2.75, 3.05) is 5.33 Å². The summed E-state index contributed by atoms with van der Waals surface area (Å²) < 4.78 is 5.60. The lowest BCUT2D eigenvalue weighted by atomic mass is 9.45. The molecule has 0 heterocycles. The molecule has 4 fully saturated rings. The summed E-state index contributed by atoms with van der Waals surface area (Å²) in [5, 5.41) is 1.01. The summed E-state index contributed by atoms with van der Waals surface area (Å²) in [5.74, 6) is 3.36. The van der Waals surface area contributed by atoms with Crippen molar-refractivity contribution >= 4 is 21.9 Å². The van der Waals surface area contributed by atoms with Crippen molar-refractivity contribution < 1.29 is 9.53 Å². The van der Waals surface area contributed by atoms with Gasteiger partial charge in [0.1, 0.15) is 6.10 Å². The number of ether oxygens (including phenoxy) is 1. The Morgan fingerprint density at radius 3 is 2.69 bits per heavy atom. The van der Waals surface area contributed by atoms with Crippen molar-refractivity contribution in [2.45, 2.75) is 84.7 Å². The van der Waals surface area contributed by atoms with E-state index >= 15 is 0 Å². The van der Waals surface area contributed by atoms with E-state index in [1.165, 1.54) is 44.9 Å². The highest BCUT2D eigenvalue weighted by Gasteiger charge is 2.59. The number of hydrogen-bond donors (Lipinski definition) is 0. The second kappa shape index (κ2) is 6.94. The van der Waals surface area contributed by atoms with Crippen molar-refractivity contribution in [3.63, 3.8) is 0 Å². The lowest BCUT2D eigenvalue weighted by Crippen LogP contribution is -2.53. The zero-order valence-electron chi connectivity index (χ0n) is 16.7. The van der Waals surface area contributed by atoms with Gasteiger partial charge in [-0.25, -0.2) is 0 Å². The normalized spacial score (nSPS) is 49.2. The molecule has 3 heteroatoms. The number of rotatable bonds is 2. The van der Waals surface area contributed by atoms with E-state index in [0.717, 1.165) is 41.8 Å². The zero-order valence-corrected chi connectivity index (χ0v) is 18.3. The van der Waals surface area contributed by atoms with Crippen LogP contribution >= 0.6 is 15.9 Å². The number of hydrogen-bond acceptors (Lipinski definition) is 2. The van der Waals surface area contributed by atoms with Gasteiger partial charge < -0.3 is 4.74 Å². The molecule has 0 aromatic heterocycles. The van der Waals surface area contributed by atoms with Crippen LogP contribution in [0.15, 0.2) is 11.6 Å². The third-order valence-electron chi connectivity index (χ3n) is 9.12. The first-order valence-corrected chi connectivity index (χ1v) is 11.9. The van der Waals surface area contributed by atoms with E-state index in [2.05, 4.69) is 35.9 Å². The fourth-order valence-electron chi connectivity index (χ4n) is 7.84. The minimum atomic E-state index is -0.0993. The molecule has 0 radical (unpaired) electrons. The molecule has 0 aromatic rings. The van der Waals surface area contributed by atoms with E-state index in [0.29, 0.717) is 10.8 Å². The van der Waals surface area contributed by atoms with Crippen LogP contribution in [0.1, 0.15) is 78.6 Å².